The smallest absolute Gasteiger partial charge is 0.0556 e. The number of aliphatic hydroxyl groups is 1. The second kappa shape index (κ2) is 5.48. The summed E-state index contributed by atoms with van der Waals surface area (Å²) < 4.78 is 5.57. The number of hydrogen-bond donors (Lipinski definition) is 1. The monoisotopic (exact) mass is 227 g/mol. The van der Waals surface area contributed by atoms with Crippen molar-refractivity contribution in [2.75, 3.05) is 32.9 Å². The number of likely N-dealkylation sites (tertiary alicyclic amines) is 1. The second-order valence-corrected chi connectivity index (χ2v) is 5.63. The van der Waals surface area contributed by atoms with Crippen LogP contribution >= 0.6 is 0 Å². The lowest BCUT2D eigenvalue weighted by Gasteiger charge is -2.43. The number of aliphatic hydroxyl groups excluding tert-OH is 1. The zero-order valence-electron chi connectivity index (χ0n) is 10.5. The van der Waals surface area contributed by atoms with Crippen molar-refractivity contribution in [3.8, 4) is 0 Å². The Morgan fingerprint density at radius 2 is 2.25 bits per heavy atom. The van der Waals surface area contributed by atoms with Gasteiger partial charge in [-0.05, 0) is 39.2 Å². The number of hydrogen-bond acceptors (Lipinski definition) is 3. The van der Waals surface area contributed by atoms with Crippen molar-refractivity contribution in [2.24, 2.45) is 5.41 Å². The molecular weight excluding hydrogens is 202 g/mol. The quantitative estimate of drug-likeness (QED) is 0.796. The van der Waals surface area contributed by atoms with E-state index in [1.807, 2.05) is 0 Å². The van der Waals surface area contributed by atoms with E-state index in [1.165, 1.54) is 25.8 Å². The van der Waals surface area contributed by atoms with Gasteiger partial charge in [-0.15, -0.1) is 0 Å². The molecule has 0 spiro atoms. The van der Waals surface area contributed by atoms with Crippen molar-refractivity contribution < 1.29 is 9.84 Å². The molecule has 2 saturated heterocycles. The Morgan fingerprint density at radius 3 is 2.88 bits per heavy atom. The maximum Gasteiger partial charge on any atom is 0.0556 e. The molecule has 2 rings (SSSR count). The van der Waals surface area contributed by atoms with Crippen LogP contribution in [-0.2, 0) is 4.74 Å². The van der Waals surface area contributed by atoms with Gasteiger partial charge in [-0.2, -0.15) is 0 Å². The van der Waals surface area contributed by atoms with Gasteiger partial charge >= 0.3 is 0 Å². The van der Waals surface area contributed by atoms with Gasteiger partial charge in [0, 0.05) is 24.6 Å². The van der Waals surface area contributed by atoms with Crippen molar-refractivity contribution in [1.29, 1.82) is 0 Å². The van der Waals surface area contributed by atoms with E-state index in [1.54, 1.807) is 0 Å². The van der Waals surface area contributed by atoms with Crippen LogP contribution in [0.4, 0.5) is 0 Å². The van der Waals surface area contributed by atoms with Gasteiger partial charge in [0.05, 0.1) is 13.2 Å². The van der Waals surface area contributed by atoms with Gasteiger partial charge in [0.15, 0.2) is 0 Å². The van der Waals surface area contributed by atoms with Crippen LogP contribution in [0, 0.1) is 5.41 Å². The van der Waals surface area contributed by atoms with Crippen LogP contribution < -0.4 is 0 Å². The Bertz CT molecular complexity index is 214. The minimum Gasteiger partial charge on any atom is -0.396 e. The minimum absolute atomic E-state index is 0.0177. The fraction of sp³-hybridized carbons (Fsp3) is 1.00. The van der Waals surface area contributed by atoms with E-state index in [0.29, 0.717) is 6.04 Å². The molecule has 94 valence electrons. The Balaban J connectivity index is 1.93. The Kier molecular flexibility index (Phi) is 4.22. The number of ether oxygens (including phenoxy) is 1. The van der Waals surface area contributed by atoms with E-state index in [-0.39, 0.29) is 12.0 Å². The van der Waals surface area contributed by atoms with Gasteiger partial charge in [0.2, 0.25) is 0 Å². The molecule has 2 heterocycles. The summed E-state index contributed by atoms with van der Waals surface area (Å²) in [7, 11) is 0. The molecule has 0 aromatic rings. The lowest BCUT2D eigenvalue weighted by Crippen LogP contribution is -2.49. The van der Waals surface area contributed by atoms with Crippen molar-refractivity contribution in [3.05, 3.63) is 0 Å². The molecule has 0 aromatic carbocycles. The lowest BCUT2D eigenvalue weighted by molar-refractivity contribution is -0.0633. The lowest BCUT2D eigenvalue weighted by atomic mass is 9.82. The first kappa shape index (κ1) is 12.3. The zero-order chi connectivity index (χ0) is 11.4. The van der Waals surface area contributed by atoms with Gasteiger partial charge in [0.25, 0.3) is 0 Å². The summed E-state index contributed by atoms with van der Waals surface area (Å²) in [5, 5.41) is 9.65. The van der Waals surface area contributed by atoms with Crippen LogP contribution in [0.1, 0.15) is 39.0 Å². The molecule has 2 aliphatic heterocycles. The standard InChI is InChI=1S/C13H25NO2/c1-12-5-2-3-7-14(12)9-13(10-15)6-4-8-16-11-13/h12,15H,2-11H2,1H3. The maximum absolute atomic E-state index is 9.65. The topological polar surface area (TPSA) is 32.7 Å². The molecule has 1 N–H and O–H groups in total. The summed E-state index contributed by atoms with van der Waals surface area (Å²) in [6, 6.07) is 0.680. The molecular formula is C13H25NO2. The molecule has 3 heteroatoms. The summed E-state index contributed by atoms with van der Waals surface area (Å²) in [5.74, 6) is 0. The third-order valence-electron chi connectivity index (χ3n) is 4.22. The largest absolute Gasteiger partial charge is 0.396 e. The summed E-state index contributed by atoms with van der Waals surface area (Å²) in [6.45, 7) is 6.42. The van der Waals surface area contributed by atoms with E-state index in [4.69, 9.17) is 4.74 Å². The van der Waals surface area contributed by atoms with Gasteiger partial charge in [-0.1, -0.05) is 6.42 Å². The fourth-order valence-electron chi connectivity index (χ4n) is 3.03. The van der Waals surface area contributed by atoms with E-state index < -0.39 is 0 Å². The first-order valence-electron chi connectivity index (χ1n) is 6.68. The van der Waals surface area contributed by atoms with Gasteiger partial charge < -0.3 is 9.84 Å². The highest BCUT2D eigenvalue weighted by Crippen LogP contribution is 2.31. The normalized spacial score (nSPS) is 37.5. The minimum atomic E-state index is 0.0177. The highest BCUT2D eigenvalue weighted by atomic mass is 16.5. The third-order valence-corrected chi connectivity index (χ3v) is 4.22. The molecule has 3 nitrogen and oxygen atoms in total. The molecule has 2 fully saturated rings. The average Bonchev–Trinajstić information content (AvgIpc) is 2.33. The molecule has 0 radical (unpaired) electrons. The molecule has 2 unspecified atom stereocenters. The first-order chi connectivity index (χ1) is 7.76. The fourth-order valence-corrected chi connectivity index (χ4v) is 3.03. The van der Waals surface area contributed by atoms with Crippen molar-refractivity contribution >= 4 is 0 Å². The molecule has 0 aliphatic carbocycles. The van der Waals surface area contributed by atoms with E-state index in [9.17, 15) is 5.11 Å². The predicted octanol–water partition coefficient (Wildman–Crippen LogP) is 1.65. The van der Waals surface area contributed by atoms with Crippen molar-refractivity contribution in [3.63, 3.8) is 0 Å². The molecule has 0 aromatic heterocycles. The summed E-state index contributed by atoms with van der Waals surface area (Å²) in [4.78, 5) is 2.55. The third kappa shape index (κ3) is 2.76. The van der Waals surface area contributed by atoms with Crippen LogP contribution in [0.15, 0.2) is 0 Å². The Hall–Kier alpha value is -0.120. The summed E-state index contributed by atoms with van der Waals surface area (Å²) >= 11 is 0. The molecule has 0 amide bonds. The SMILES string of the molecule is CC1CCCCN1CC1(CO)CCCOC1. The van der Waals surface area contributed by atoms with Gasteiger partial charge in [0.1, 0.15) is 0 Å². The zero-order valence-corrected chi connectivity index (χ0v) is 10.5. The van der Waals surface area contributed by atoms with Crippen LogP contribution in [-0.4, -0.2) is 49.0 Å². The van der Waals surface area contributed by atoms with Gasteiger partial charge in [-0.25, -0.2) is 0 Å². The van der Waals surface area contributed by atoms with Crippen LogP contribution in [0.3, 0.4) is 0 Å². The van der Waals surface area contributed by atoms with E-state index >= 15 is 0 Å². The number of piperidine rings is 1. The predicted molar refractivity (Wildman–Crippen MR) is 64.5 cm³/mol. The summed E-state index contributed by atoms with van der Waals surface area (Å²) in [5.41, 5.74) is 0.0177. The van der Waals surface area contributed by atoms with Crippen LogP contribution in [0.5, 0.6) is 0 Å². The van der Waals surface area contributed by atoms with Crippen LogP contribution in [0.25, 0.3) is 0 Å². The molecule has 0 saturated carbocycles. The highest BCUT2D eigenvalue weighted by Gasteiger charge is 2.35. The summed E-state index contributed by atoms with van der Waals surface area (Å²) in [6.07, 6.45) is 6.20. The maximum atomic E-state index is 9.65. The van der Waals surface area contributed by atoms with E-state index in [2.05, 4.69) is 11.8 Å². The number of rotatable bonds is 3. The first-order valence-corrected chi connectivity index (χ1v) is 6.68. The van der Waals surface area contributed by atoms with Gasteiger partial charge in [-0.3, -0.25) is 4.90 Å². The van der Waals surface area contributed by atoms with E-state index in [0.717, 1.165) is 32.6 Å². The molecule has 2 atom stereocenters. The second-order valence-electron chi connectivity index (χ2n) is 5.63. The van der Waals surface area contributed by atoms with Crippen molar-refractivity contribution in [2.45, 2.75) is 45.1 Å². The van der Waals surface area contributed by atoms with Crippen molar-refractivity contribution in [1.82, 2.24) is 4.90 Å². The number of nitrogens with zero attached hydrogens (tertiary/aromatic N) is 1. The molecule has 2 aliphatic rings. The average molecular weight is 227 g/mol. The Labute approximate surface area is 98.8 Å². The van der Waals surface area contributed by atoms with Crippen LogP contribution in [0.2, 0.25) is 0 Å². The Morgan fingerprint density at radius 1 is 1.38 bits per heavy atom. The molecule has 16 heavy (non-hydrogen) atoms. The molecule has 0 bridgehead atoms. The highest BCUT2D eigenvalue weighted by molar-refractivity contribution is 4.87.